The molecule has 0 aliphatic carbocycles. The minimum Gasteiger partial charge on any atom is -0.506 e. The van der Waals surface area contributed by atoms with Gasteiger partial charge in [0.05, 0.1) is 22.9 Å². The summed E-state index contributed by atoms with van der Waals surface area (Å²) < 4.78 is 36.8. The van der Waals surface area contributed by atoms with Crippen LogP contribution in [0.3, 0.4) is 0 Å². The minimum absolute atomic E-state index is 0.406. The predicted octanol–water partition coefficient (Wildman–Crippen LogP) is 1.86. The molecule has 1 aromatic carbocycles. The Morgan fingerprint density at radius 3 is 2.36 bits per heavy atom. The second-order valence-electron chi connectivity index (χ2n) is 2.57. The Bertz CT molecular complexity index is 406. The van der Waals surface area contributed by atoms with Gasteiger partial charge in [-0.1, -0.05) is 0 Å². The summed E-state index contributed by atoms with van der Waals surface area (Å²) in [6, 6.07) is 2.56. The highest BCUT2D eigenvalue weighted by molar-refractivity contribution is 5.59. The third-order valence-electron chi connectivity index (χ3n) is 1.59. The van der Waals surface area contributed by atoms with E-state index in [0.29, 0.717) is 12.1 Å². The van der Waals surface area contributed by atoms with Crippen molar-refractivity contribution in [3.05, 3.63) is 23.3 Å². The standard InChI is InChI=1S/C8H5F3N2O/c9-8(10,11)5-2-6(13)7(14)1-4(5)3-12/h1-2,14H,13H2. The van der Waals surface area contributed by atoms with Crippen LogP contribution in [0.25, 0.3) is 0 Å². The Hall–Kier alpha value is -1.90. The SMILES string of the molecule is N#Cc1cc(O)c(N)cc1C(F)(F)F. The second-order valence-corrected chi connectivity index (χ2v) is 2.57. The number of nitrogen functional groups attached to an aromatic ring is 1. The molecule has 74 valence electrons. The minimum atomic E-state index is -4.65. The maximum absolute atomic E-state index is 12.3. The number of alkyl halides is 3. The van der Waals surface area contributed by atoms with Crippen LogP contribution in [-0.2, 0) is 6.18 Å². The zero-order chi connectivity index (χ0) is 10.9. The molecule has 1 aromatic rings. The first-order valence-corrected chi connectivity index (χ1v) is 3.46. The summed E-state index contributed by atoms with van der Waals surface area (Å²) >= 11 is 0. The van der Waals surface area contributed by atoms with E-state index >= 15 is 0 Å². The van der Waals surface area contributed by atoms with Crippen molar-refractivity contribution in [2.24, 2.45) is 0 Å². The number of phenolic OH excluding ortho intramolecular Hbond substituents is 1. The van der Waals surface area contributed by atoms with Gasteiger partial charge in [0.2, 0.25) is 0 Å². The average Bonchev–Trinajstić information content (AvgIpc) is 2.07. The molecule has 3 N–H and O–H groups in total. The van der Waals surface area contributed by atoms with Crippen LogP contribution in [0, 0.1) is 11.3 Å². The van der Waals surface area contributed by atoms with Crippen LogP contribution < -0.4 is 5.73 Å². The molecule has 0 amide bonds. The smallest absolute Gasteiger partial charge is 0.417 e. The Balaban J connectivity index is 3.45. The van der Waals surface area contributed by atoms with Crippen LogP contribution in [0.5, 0.6) is 5.75 Å². The van der Waals surface area contributed by atoms with Gasteiger partial charge in [0.1, 0.15) is 5.75 Å². The Kier molecular flexibility index (Phi) is 2.26. The molecular formula is C8H5F3N2O. The van der Waals surface area contributed by atoms with Crippen molar-refractivity contribution in [3.63, 3.8) is 0 Å². The van der Waals surface area contributed by atoms with E-state index in [4.69, 9.17) is 16.1 Å². The number of aromatic hydroxyl groups is 1. The zero-order valence-corrected chi connectivity index (χ0v) is 6.76. The number of phenols is 1. The van der Waals surface area contributed by atoms with Gasteiger partial charge in [0, 0.05) is 6.07 Å². The third-order valence-corrected chi connectivity index (χ3v) is 1.59. The number of benzene rings is 1. The van der Waals surface area contributed by atoms with Crippen LogP contribution in [0.1, 0.15) is 11.1 Å². The van der Waals surface area contributed by atoms with Gasteiger partial charge in [-0.3, -0.25) is 0 Å². The summed E-state index contributed by atoms with van der Waals surface area (Å²) in [5.41, 5.74) is 2.88. The van der Waals surface area contributed by atoms with E-state index in [2.05, 4.69) is 0 Å². The Morgan fingerprint density at radius 1 is 1.36 bits per heavy atom. The van der Waals surface area contributed by atoms with Crippen LogP contribution in [0.2, 0.25) is 0 Å². The number of nitrogens with zero attached hydrogens (tertiary/aromatic N) is 1. The van der Waals surface area contributed by atoms with Gasteiger partial charge in [0.25, 0.3) is 0 Å². The lowest BCUT2D eigenvalue weighted by atomic mass is 10.1. The Labute approximate surface area is 77.2 Å². The third kappa shape index (κ3) is 1.71. The van der Waals surface area contributed by atoms with Gasteiger partial charge in [-0.25, -0.2) is 0 Å². The molecule has 0 aromatic heterocycles. The first kappa shape index (κ1) is 10.2. The molecule has 0 heterocycles. The highest BCUT2D eigenvalue weighted by Crippen LogP contribution is 2.36. The maximum Gasteiger partial charge on any atom is 0.417 e. The number of nitriles is 1. The molecule has 0 radical (unpaired) electrons. The number of hydrogen-bond acceptors (Lipinski definition) is 3. The van der Waals surface area contributed by atoms with E-state index in [1.807, 2.05) is 0 Å². The van der Waals surface area contributed by atoms with Crippen molar-refractivity contribution in [1.82, 2.24) is 0 Å². The molecule has 0 aliphatic rings. The summed E-state index contributed by atoms with van der Waals surface area (Å²) in [7, 11) is 0. The highest BCUT2D eigenvalue weighted by atomic mass is 19.4. The number of nitrogens with two attached hydrogens (primary N) is 1. The van der Waals surface area contributed by atoms with E-state index in [0.717, 1.165) is 0 Å². The lowest BCUT2D eigenvalue weighted by Gasteiger charge is -2.09. The molecule has 0 spiro atoms. The number of rotatable bonds is 0. The fourth-order valence-corrected chi connectivity index (χ4v) is 0.932. The van der Waals surface area contributed by atoms with E-state index in [1.54, 1.807) is 0 Å². The maximum atomic E-state index is 12.3. The van der Waals surface area contributed by atoms with Gasteiger partial charge in [0.15, 0.2) is 0 Å². The molecule has 6 heteroatoms. The molecule has 0 unspecified atom stereocenters. The number of hydrogen-bond donors (Lipinski definition) is 2. The molecule has 0 aliphatic heterocycles. The lowest BCUT2D eigenvalue weighted by molar-refractivity contribution is -0.137. The van der Waals surface area contributed by atoms with Crippen LogP contribution >= 0.6 is 0 Å². The largest absolute Gasteiger partial charge is 0.506 e. The van der Waals surface area contributed by atoms with Gasteiger partial charge >= 0.3 is 6.18 Å². The van der Waals surface area contributed by atoms with Gasteiger partial charge in [-0.05, 0) is 6.07 Å². The summed E-state index contributed by atoms with van der Waals surface area (Å²) in [5.74, 6) is -0.533. The summed E-state index contributed by atoms with van der Waals surface area (Å²) in [5, 5.41) is 17.4. The normalized spacial score (nSPS) is 11.0. The molecule has 0 saturated heterocycles. The molecule has 0 fully saturated rings. The summed E-state index contributed by atoms with van der Waals surface area (Å²) in [4.78, 5) is 0. The molecule has 1 rings (SSSR count). The monoisotopic (exact) mass is 202 g/mol. The zero-order valence-electron chi connectivity index (χ0n) is 6.76. The van der Waals surface area contributed by atoms with Crippen LogP contribution in [0.15, 0.2) is 12.1 Å². The first-order chi connectivity index (χ1) is 6.36. The molecule has 14 heavy (non-hydrogen) atoms. The van der Waals surface area contributed by atoms with Gasteiger partial charge < -0.3 is 10.8 Å². The van der Waals surface area contributed by atoms with Crippen LogP contribution in [0.4, 0.5) is 18.9 Å². The van der Waals surface area contributed by atoms with E-state index in [1.165, 1.54) is 6.07 Å². The predicted molar refractivity (Wildman–Crippen MR) is 42.2 cm³/mol. The van der Waals surface area contributed by atoms with E-state index < -0.39 is 28.7 Å². The quantitative estimate of drug-likeness (QED) is 0.498. The van der Waals surface area contributed by atoms with Gasteiger partial charge in [-0.15, -0.1) is 0 Å². The molecule has 3 nitrogen and oxygen atoms in total. The number of anilines is 1. The lowest BCUT2D eigenvalue weighted by Crippen LogP contribution is -2.08. The summed E-state index contributed by atoms with van der Waals surface area (Å²) in [6.07, 6.45) is -4.65. The average molecular weight is 202 g/mol. The molecule has 0 atom stereocenters. The van der Waals surface area contributed by atoms with E-state index in [9.17, 15) is 13.2 Å². The van der Waals surface area contributed by atoms with Crippen molar-refractivity contribution in [1.29, 1.82) is 5.26 Å². The second kappa shape index (κ2) is 3.10. The first-order valence-electron chi connectivity index (χ1n) is 3.46. The molecule has 0 saturated carbocycles. The fourth-order valence-electron chi connectivity index (χ4n) is 0.932. The van der Waals surface area contributed by atoms with Crippen molar-refractivity contribution in [2.45, 2.75) is 6.18 Å². The number of halogens is 3. The van der Waals surface area contributed by atoms with E-state index in [-0.39, 0.29) is 0 Å². The molecular weight excluding hydrogens is 197 g/mol. The van der Waals surface area contributed by atoms with Crippen molar-refractivity contribution < 1.29 is 18.3 Å². The van der Waals surface area contributed by atoms with Crippen molar-refractivity contribution in [3.8, 4) is 11.8 Å². The molecule has 0 bridgehead atoms. The highest BCUT2D eigenvalue weighted by Gasteiger charge is 2.34. The summed E-state index contributed by atoms with van der Waals surface area (Å²) in [6.45, 7) is 0. The van der Waals surface area contributed by atoms with Crippen LogP contribution in [-0.4, -0.2) is 5.11 Å². The van der Waals surface area contributed by atoms with Crippen molar-refractivity contribution >= 4 is 5.69 Å². The topological polar surface area (TPSA) is 70.0 Å². The van der Waals surface area contributed by atoms with Gasteiger partial charge in [-0.2, -0.15) is 18.4 Å². The van der Waals surface area contributed by atoms with Crippen molar-refractivity contribution in [2.75, 3.05) is 5.73 Å². The Morgan fingerprint density at radius 2 is 1.93 bits per heavy atom. The fraction of sp³-hybridized carbons (Fsp3) is 0.125.